The van der Waals surface area contributed by atoms with Crippen molar-refractivity contribution < 1.29 is 8.78 Å². The van der Waals surface area contributed by atoms with E-state index < -0.39 is 11.8 Å². The average Bonchev–Trinajstić information content (AvgIpc) is 1.88. The Balaban J connectivity index is 0.000001000. The monoisotopic (exact) mass is 185 g/mol. The molecule has 0 aromatic heterocycles. The molecular weight excluding hydrogens is 172 g/mol. The van der Waals surface area contributed by atoms with Crippen LogP contribution in [0.2, 0.25) is 0 Å². The number of alkyl halides is 2. The van der Waals surface area contributed by atoms with Crippen molar-refractivity contribution in [2.75, 3.05) is 13.1 Å². The van der Waals surface area contributed by atoms with Crippen molar-refractivity contribution in [3.05, 3.63) is 0 Å². The summed E-state index contributed by atoms with van der Waals surface area (Å²) in [4.78, 5) is 0. The summed E-state index contributed by atoms with van der Waals surface area (Å²) < 4.78 is 25.1. The minimum absolute atomic E-state index is 0. The van der Waals surface area contributed by atoms with Crippen LogP contribution < -0.4 is 5.32 Å². The van der Waals surface area contributed by atoms with Crippen molar-refractivity contribution >= 4 is 12.4 Å². The third kappa shape index (κ3) is 3.34. The first-order valence-corrected chi connectivity index (χ1v) is 3.69. The quantitative estimate of drug-likeness (QED) is 0.660. The summed E-state index contributed by atoms with van der Waals surface area (Å²) in [5.74, 6) is -2.94. The van der Waals surface area contributed by atoms with E-state index in [2.05, 4.69) is 5.32 Å². The Kier molecular flexibility index (Phi) is 4.26. The Morgan fingerprint density at radius 2 is 2.09 bits per heavy atom. The Bertz CT molecular complexity index is 107. The molecule has 0 aromatic carbocycles. The fourth-order valence-electron chi connectivity index (χ4n) is 1.28. The number of halogens is 3. The molecule has 0 saturated carbocycles. The minimum Gasteiger partial charge on any atom is -0.316 e. The first-order chi connectivity index (χ1) is 4.61. The van der Waals surface area contributed by atoms with Crippen molar-refractivity contribution in [2.24, 2.45) is 5.92 Å². The van der Waals surface area contributed by atoms with Crippen molar-refractivity contribution in [1.29, 1.82) is 0 Å². The van der Waals surface area contributed by atoms with Crippen LogP contribution in [0.25, 0.3) is 0 Å². The molecule has 0 bridgehead atoms. The highest BCUT2D eigenvalue weighted by atomic mass is 35.5. The van der Waals surface area contributed by atoms with Crippen molar-refractivity contribution in [2.45, 2.75) is 25.7 Å². The smallest absolute Gasteiger partial charge is 0.249 e. The van der Waals surface area contributed by atoms with Crippen LogP contribution in [0.4, 0.5) is 8.78 Å². The van der Waals surface area contributed by atoms with Gasteiger partial charge in [0.15, 0.2) is 0 Å². The molecule has 0 amide bonds. The van der Waals surface area contributed by atoms with Gasteiger partial charge in [-0.05, 0) is 26.3 Å². The maximum absolute atomic E-state index is 12.6. The van der Waals surface area contributed by atoms with Gasteiger partial charge in [0.2, 0.25) is 5.92 Å². The molecule has 1 saturated heterocycles. The van der Waals surface area contributed by atoms with Crippen LogP contribution in [0.3, 0.4) is 0 Å². The maximum atomic E-state index is 12.6. The maximum Gasteiger partial charge on any atom is 0.249 e. The van der Waals surface area contributed by atoms with Crippen LogP contribution in [0.1, 0.15) is 19.8 Å². The Morgan fingerprint density at radius 1 is 1.45 bits per heavy atom. The normalized spacial score (nSPS) is 25.9. The van der Waals surface area contributed by atoms with E-state index in [4.69, 9.17) is 0 Å². The lowest BCUT2D eigenvalue weighted by Crippen LogP contribution is -2.38. The Hall–Kier alpha value is 0.110. The predicted octanol–water partition coefficient (Wildman–Crippen LogP) is 2.06. The van der Waals surface area contributed by atoms with E-state index in [0.717, 1.165) is 19.9 Å². The summed E-state index contributed by atoms with van der Waals surface area (Å²) >= 11 is 0. The molecule has 0 spiro atoms. The fraction of sp³-hybridized carbons (Fsp3) is 1.00. The average molecular weight is 186 g/mol. The number of hydrogen-bond acceptors (Lipinski definition) is 1. The lowest BCUT2D eigenvalue weighted by molar-refractivity contribution is -0.0474. The molecular formula is C7H14ClF2N. The van der Waals surface area contributed by atoms with Gasteiger partial charge in [-0.2, -0.15) is 0 Å². The summed E-state index contributed by atoms with van der Waals surface area (Å²) in [6, 6.07) is 0. The van der Waals surface area contributed by atoms with Crippen LogP contribution in [-0.2, 0) is 0 Å². The van der Waals surface area contributed by atoms with Crippen molar-refractivity contribution in [1.82, 2.24) is 5.32 Å². The standard InChI is InChI=1S/C7H13F2N.ClH/c1-7(8,9)6-3-2-4-10-5-6;/h6,10H,2-5H2,1H3;1H/t6-;/m0./s1. The molecule has 68 valence electrons. The van der Waals surface area contributed by atoms with E-state index in [-0.39, 0.29) is 12.4 Å². The largest absolute Gasteiger partial charge is 0.316 e. The van der Waals surface area contributed by atoms with Gasteiger partial charge in [0, 0.05) is 12.5 Å². The number of nitrogens with one attached hydrogen (secondary N) is 1. The minimum atomic E-state index is -2.49. The van der Waals surface area contributed by atoms with Gasteiger partial charge >= 0.3 is 0 Å². The van der Waals surface area contributed by atoms with Gasteiger partial charge in [-0.3, -0.25) is 0 Å². The van der Waals surface area contributed by atoms with Gasteiger partial charge in [0.25, 0.3) is 0 Å². The van der Waals surface area contributed by atoms with Crippen LogP contribution in [-0.4, -0.2) is 19.0 Å². The zero-order valence-electron chi connectivity index (χ0n) is 6.57. The third-order valence-electron chi connectivity index (χ3n) is 2.01. The summed E-state index contributed by atoms with van der Waals surface area (Å²) in [5.41, 5.74) is 0. The van der Waals surface area contributed by atoms with Gasteiger partial charge in [-0.25, -0.2) is 8.78 Å². The molecule has 1 atom stereocenters. The van der Waals surface area contributed by atoms with Gasteiger partial charge in [-0.1, -0.05) is 0 Å². The number of hydrogen-bond donors (Lipinski definition) is 1. The summed E-state index contributed by atoms with van der Waals surface area (Å²) in [6.07, 6.45) is 1.55. The van der Waals surface area contributed by atoms with E-state index in [1.807, 2.05) is 0 Å². The molecule has 0 radical (unpaired) electrons. The first kappa shape index (κ1) is 11.1. The van der Waals surface area contributed by atoms with Gasteiger partial charge in [0.1, 0.15) is 0 Å². The van der Waals surface area contributed by atoms with Gasteiger partial charge in [-0.15, -0.1) is 12.4 Å². The van der Waals surface area contributed by atoms with E-state index in [1.165, 1.54) is 0 Å². The van der Waals surface area contributed by atoms with E-state index in [9.17, 15) is 8.78 Å². The first-order valence-electron chi connectivity index (χ1n) is 3.69. The van der Waals surface area contributed by atoms with E-state index in [0.29, 0.717) is 13.0 Å². The molecule has 1 N–H and O–H groups in total. The molecule has 1 heterocycles. The number of rotatable bonds is 1. The van der Waals surface area contributed by atoms with E-state index >= 15 is 0 Å². The topological polar surface area (TPSA) is 12.0 Å². The summed E-state index contributed by atoms with van der Waals surface area (Å²) in [6.45, 7) is 2.38. The molecule has 11 heavy (non-hydrogen) atoms. The zero-order valence-corrected chi connectivity index (χ0v) is 7.39. The molecule has 1 aliphatic rings. The Labute approximate surface area is 72.0 Å². The summed E-state index contributed by atoms with van der Waals surface area (Å²) in [7, 11) is 0. The van der Waals surface area contributed by atoms with Gasteiger partial charge in [0.05, 0.1) is 0 Å². The second kappa shape index (κ2) is 4.21. The highest BCUT2D eigenvalue weighted by Gasteiger charge is 2.34. The van der Waals surface area contributed by atoms with E-state index in [1.54, 1.807) is 0 Å². The van der Waals surface area contributed by atoms with Gasteiger partial charge < -0.3 is 5.32 Å². The molecule has 0 unspecified atom stereocenters. The molecule has 1 rings (SSSR count). The SMILES string of the molecule is CC(F)(F)[C@H]1CCCNC1.Cl. The molecule has 0 aromatic rings. The highest BCUT2D eigenvalue weighted by molar-refractivity contribution is 5.85. The fourth-order valence-corrected chi connectivity index (χ4v) is 1.28. The molecule has 4 heteroatoms. The van der Waals surface area contributed by atoms with Crippen molar-refractivity contribution in [3.8, 4) is 0 Å². The molecule has 1 fully saturated rings. The van der Waals surface area contributed by atoms with Crippen LogP contribution in [0, 0.1) is 5.92 Å². The van der Waals surface area contributed by atoms with Crippen molar-refractivity contribution in [3.63, 3.8) is 0 Å². The zero-order chi connectivity index (χ0) is 7.61. The van der Waals surface area contributed by atoms with Crippen LogP contribution >= 0.6 is 12.4 Å². The lowest BCUT2D eigenvalue weighted by atomic mass is 9.94. The third-order valence-corrected chi connectivity index (χ3v) is 2.01. The second-order valence-corrected chi connectivity index (χ2v) is 3.00. The van der Waals surface area contributed by atoms with Crippen LogP contribution in [0.5, 0.6) is 0 Å². The Morgan fingerprint density at radius 3 is 2.36 bits per heavy atom. The van der Waals surface area contributed by atoms with Crippen LogP contribution in [0.15, 0.2) is 0 Å². The molecule has 1 nitrogen and oxygen atoms in total. The summed E-state index contributed by atoms with van der Waals surface area (Å²) in [5, 5.41) is 2.96. The molecule has 1 aliphatic heterocycles. The second-order valence-electron chi connectivity index (χ2n) is 3.00. The highest BCUT2D eigenvalue weighted by Crippen LogP contribution is 2.28. The number of piperidine rings is 1. The predicted molar refractivity (Wildman–Crippen MR) is 43.5 cm³/mol. The lowest BCUT2D eigenvalue weighted by Gasteiger charge is -2.27. The molecule has 0 aliphatic carbocycles.